The molecule has 1 radical (unpaired) electrons. The Morgan fingerprint density at radius 1 is 0.780 bits per heavy atom. The molecule has 0 N–H and O–H groups in total. The number of hydrogen-bond acceptors (Lipinski definition) is 3. The molecule has 2 aromatic heterocycles. The predicted molar refractivity (Wildman–Crippen MR) is 162 cm³/mol. The zero-order valence-electron chi connectivity index (χ0n) is 22.9. The van der Waals surface area contributed by atoms with Gasteiger partial charge in [-0.2, -0.15) is 5.26 Å². The van der Waals surface area contributed by atoms with Gasteiger partial charge in [0.2, 0.25) is 0 Å². The second-order valence-electron chi connectivity index (χ2n) is 10.4. The molecule has 4 aromatic carbocycles. The van der Waals surface area contributed by atoms with Crippen LogP contribution >= 0.6 is 0 Å². The van der Waals surface area contributed by atoms with E-state index in [1.54, 1.807) is 36.5 Å². The van der Waals surface area contributed by atoms with Gasteiger partial charge in [0.1, 0.15) is 0 Å². The van der Waals surface area contributed by atoms with E-state index in [2.05, 4.69) is 114 Å². The van der Waals surface area contributed by atoms with E-state index in [0.29, 0.717) is 16.9 Å². The van der Waals surface area contributed by atoms with E-state index >= 15 is 0 Å². The van der Waals surface area contributed by atoms with Gasteiger partial charge >= 0.3 is 0 Å². The molecule has 2 heterocycles. The van der Waals surface area contributed by atoms with Gasteiger partial charge in [0, 0.05) is 32.5 Å². The van der Waals surface area contributed by atoms with Crippen LogP contribution in [0, 0.1) is 30.0 Å². The largest absolute Gasteiger partial charge is 0.307 e. The summed E-state index contributed by atoms with van der Waals surface area (Å²) in [6.07, 6.45) is 3.48. The summed E-state index contributed by atoms with van der Waals surface area (Å²) in [6.45, 7) is 13.6. The van der Waals surface area contributed by atoms with Crippen LogP contribution in [0.3, 0.4) is 0 Å². The minimum absolute atomic E-state index is 0. The number of aromatic nitrogens is 2. The minimum Gasteiger partial charge on any atom is -0.307 e. The molecule has 201 valence electrons. The quantitative estimate of drug-likeness (QED) is 0.133. The Morgan fingerprint density at radius 2 is 1.49 bits per heavy atom. The Balaban J connectivity index is 0.000000200. The Morgan fingerprint density at radius 3 is 2.24 bits per heavy atom. The average Bonchev–Trinajstić information content (AvgIpc) is 3.00. The van der Waals surface area contributed by atoms with E-state index in [1.807, 2.05) is 6.20 Å². The van der Waals surface area contributed by atoms with E-state index in [1.165, 1.54) is 27.1 Å². The molecule has 41 heavy (non-hydrogen) atoms. The number of nitriles is 1. The van der Waals surface area contributed by atoms with Gasteiger partial charge in [0.15, 0.2) is 5.69 Å². The van der Waals surface area contributed by atoms with Crippen molar-refractivity contribution in [1.29, 1.82) is 5.26 Å². The molecule has 6 aromatic rings. The van der Waals surface area contributed by atoms with E-state index in [4.69, 9.17) is 11.8 Å². The second-order valence-corrected chi connectivity index (χ2v) is 10.4. The van der Waals surface area contributed by atoms with Crippen LogP contribution in [0.15, 0.2) is 103 Å². The number of hydrogen-bond donors (Lipinski definition) is 0. The Hall–Kier alpha value is -4.67. The summed E-state index contributed by atoms with van der Waals surface area (Å²) in [5, 5.41) is 13.8. The van der Waals surface area contributed by atoms with Crippen LogP contribution < -0.4 is 0 Å². The van der Waals surface area contributed by atoms with Gasteiger partial charge in [-0.05, 0) is 45.4 Å². The van der Waals surface area contributed by atoms with Crippen molar-refractivity contribution >= 4 is 27.2 Å². The van der Waals surface area contributed by atoms with Gasteiger partial charge in [-0.3, -0.25) is 0 Å². The molecule has 0 amide bonds. The molecule has 4 nitrogen and oxygen atoms in total. The fraction of sp³-hybridized carbons (Fsp3) is 0.111. The zero-order chi connectivity index (χ0) is 28.1. The maximum absolute atomic E-state index is 8.78. The molecule has 0 unspecified atom stereocenters. The van der Waals surface area contributed by atoms with E-state index in [0.717, 1.165) is 16.8 Å². The number of pyridine rings is 2. The van der Waals surface area contributed by atoms with Crippen molar-refractivity contribution in [2.75, 3.05) is 0 Å². The third-order valence-corrected chi connectivity index (χ3v) is 6.66. The van der Waals surface area contributed by atoms with Crippen LogP contribution in [0.25, 0.3) is 48.9 Å². The summed E-state index contributed by atoms with van der Waals surface area (Å²) in [6, 6.07) is 38.3. The van der Waals surface area contributed by atoms with Gasteiger partial charge in [0.25, 0.3) is 0 Å². The van der Waals surface area contributed by atoms with Gasteiger partial charge in [-0.25, -0.2) is 4.85 Å². The number of fused-ring (bicyclic) bond motifs is 3. The summed E-state index contributed by atoms with van der Waals surface area (Å²) in [5.74, 6) is 0. The first kappa shape index (κ1) is 29.3. The maximum atomic E-state index is 8.78. The third kappa shape index (κ3) is 6.74. The first-order chi connectivity index (χ1) is 19.4. The van der Waals surface area contributed by atoms with E-state index in [-0.39, 0.29) is 25.5 Å². The number of nitrogens with zero attached hydrogens (tertiary/aromatic N) is 4. The Kier molecular flexibility index (Phi) is 9.06. The van der Waals surface area contributed by atoms with E-state index < -0.39 is 0 Å². The SMILES string of the molecule is CC(C)(C)c1ccnc(-c2[c-]cc3c(ccc4ccccc43)c2)c1.[C-]#[N+]c1ccnc(-c2[c-]ccc(C#N)c2)c1.[Ir]. The second kappa shape index (κ2) is 12.7. The fourth-order valence-corrected chi connectivity index (χ4v) is 4.46. The number of benzene rings is 4. The molecule has 0 aliphatic rings. The van der Waals surface area contributed by atoms with Crippen molar-refractivity contribution in [2.45, 2.75) is 26.2 Å². The van der Waals surface area contributed by atoms with Crippen LogP contribution in [-0.2, 0) is 25.5 Å². The molecule has 5 heteroatoms. The summed E-state index contributed by atoms with van der Waals surface area (Å²) >= 11 is 0. The van der Waals surface area contributed by atoms with Crippen molar-refractivity contribution in [3.8, 4) is 28.6 Å². The summed E-state index contributed by atoms with van der Waals surface area (Å²) < 4.78 is 0. The van der Waals surface area contributed by atoms with Gasteiger partial charge < -0.3 is 9.97 Å². The van der Waals surface area contributed by atoms with Crippen LogP contribution in [0.5, 0.6) is 0 Å². The predicted octanol–water partition coefficient (Wildman–Crippen LogP) is 9.12. The standard InChI is InChI=1S/C23H20N.C13H6N3.Ir/c1-23(2,3)19-12-13-24-22(15-19)18-10-11-21-17(14-18)9-8-16-6-4-5-7-20(16)21;1-15-12-5-6-16-13(8-12)11-4-2-3-10(7-11)9-14;/h4-9,11-15H,1-3H3;2-3,5-8H;/q2*-1;. The molecule has 0 spiro atoms. The zero-order valence-corrected chi connectivity index (χ0v) is 25.3. The molecule has 6 rings (SSSR count). The van der Waals surface area contributed by atoms with Crippen molar-refractivity contribution in [1.82, 2.24) is 9.97 Å². The molecule has 0 atom stereocenters. The Bertz CT molecular complexity index is 1870. The van der Waals surface area contributed by atoms with Crippen LogP contribution in [-0.4, -0.2) is 9.97 Å². The average molecular weight is 707 g/mol. The number of rotatable bonds is 2. The molecule has 0 bridgehead atoms. The fourth-order valence-electron chi connectivity index (χ4n) is 4.46. The summed E-state index contributed by atoms with van der Waals surface area (Å²) in [7, 11) is 0. The molecular formula is C36H26IrN4-2. The topological polar surface area (TPSA) is 53.9 Å². The van der Waals surface area contributed by atoms with E-state index in [9.17, 15) is 0 Å². The summed E-state index contributed by atoms with van der Waals surface area (Å²) in [5.41, 5.74) is 5.91. The molecular weight excluding hydrogens is 681 g/mol. The first-order valence-corrected chi connectivity index (χ1v) is 12.9. The van der Waals surface area contributed by atoms with Gasteiger partial charge in [-0.15, -0.1) is 59.0 Å². The van der Waals surface area contributed by atoms with Crippen LogP contribution in [0.1, 0.15) is 31.9 Å². The Labute approximate surface area is 254 Å². The van der Waals surface area contributed by atoms with Crippen LogP contribution in [0.4, 0.5) is 5.69 Å². The van der Waals surface area contributed by atoms with Gasteiger partial charge in [0.05, 0.1) is 12.6 Å². The summed E-state index contributed by atoms with van der Waals surface area (Å²) in [4.78, 5) is 12.0. The van der Waals surface area contributed by atoms with Crippen molar-refractivity contribution < 1.29 is 20.1 Å². The molecule has 0 fully saturated rings. The molecule has 0 aliphatic carbocycles. The minimum atomic E-state index is 0. The monoisotopic (exact) mass is 707 g/mol. The first-order valence-electron chi connectivity index (χ1n) is 12.9. The van der Waals surface area contributed by atoms with Crippen molar-refractivity contribution in [3.05, 3.63) is 138 Å². The smallest absolute Gasteiger partial charge is 0.181 e. The molecule has 0 saturated carbocycles. The van der Waals surface area contributed by atoms with Gasteiger partial charge in [-0.1, -0.05) is 80.1 Å². The molecule has 0 aliphatic heterocycles. The van der Waals surface area contributed by atoms with Crippen molar-refractivity contribution in [2.24, 2.45) is 0 Å². The normalized spacial score (nSPS) is 10.6. The molecule has 0 saturated heterocycles. The van der Waals surface area contributed by atoms with Crippen molar-refractivity contribution in [3.63, 3.8) is 0 Å². The van der Waals surface area contributed by atoms with Crippen LogP contribution in [0.2, 0.25) is 0 Å². The third-order valence-electron chi connectivity index (χ3n) is 6.66. The maximum Gasteiger partial charge on any atom is 0.181 e.